The molecule has 1 saturated heterocycles. The highest BCUT2D eigenvalue weighted by Crippen LogP contribution is 2.30. The topological polar surface area (TPSA) is 62.3 Å². The summed E-state index contributed by atoms with van der Waals surface area (Å²) >= 11 is 0. The van der Waals surface area contributed by atoms with E-state index in [1.54, 1.807) is 30.6 Å². The number of pyridine rings is 1. The van der Waals surface area contributed by atoms with Crippen molar-refractivity contribution >= 4 is 11.8 Å². The van der Waals surface area contributed by atoms with Crippen LogP contribution in [0.15, 0.2) is 48.8 Å². The van der Waals surface area contributed by atoms with Gasteiger partial charge in [-0.15, -0.1) is 0 Å². The Hall–Kier alpha value is -2.90. The van der Waals surface area contributed by atoms with Crippen molar-refractivity contribution in [2.75, 3.05) is 6.54 Å². The first-order valence-corrected chi connectivity index (χ1v) is 8.43. The lowest BCUT2D eigenvalue weighted by Gasteiger charge is -2.17. The van der Waals surface area contributed by atoms with Crippen molar-refractivity contribution in [1.82, 2.24) is 15.2 Å². The molecular weight excluding hydrogens is 359 g/mol. The second-order valence-corrected chi connectivity index (χ2v) is 6.45. The highest BCUT2D eigenvalue weighted by atomic mass is 19.4. The molecule has 1 N–H and O–H groups in total. The molecule has 2 aromatic rings. The van der Waals surface area contributed by atoms with Crippen LogP contribution >= 0.6 is 0 Å². The van der Waals surface area contributed by atoms with Crippen molar-refractivity contribution in [3.05, 3.63) is 65.5 Å². The standard InChI is InChI=1S/C19H18F3N3O2/c20-19(21,22)16-3-1-2-14(8-16)11-25-12-15(9-17(25)26)18(27)24-10-13-4-6-23-7-5-13/h1-8,15H,9-12H2,(H,24,27)/t15-/m0/s1. The zero-order valence-corrected chi connectivity index (χ0v) is 14.4. The summed E-state index contributed by atoms with van der Waals surface area (Å²) in [4.78, 5) is 29.8. The maximum Gasteiger partial charge on any atom is 0.416 e. The fourth-order valence-corrected chi connectivity index (χ4v) is 3.00. The van der Waals surface area contributed by atoms with E-state index in [1.807, 2.05) is 0 Å². The predicted octanol–water partition coefficient (Wildman–Crippen LogP) is 2.77. The van der Waals surface area contributed by atoms with Crippen LogP contribution in [-0.4, -0.2) is 28.2 Å². The normalized spacial score (nSPS) is 17.2. The fraction of sp³-hybridized carbons (Fsp3) is 0.316. The minimum absolute atomic E-state index is 0.0525. The number of hydrogen-bond acceptors (Lipinski definition) is 3. The molecule has 1 aliphatic rings. The largest absolute Gasteiger partial charge is 0.416 e. The van der Waals surface area contributed by atoms with Gasteiger partial charge in [0, 0.05) is 38.4 Å². The van der Waals surface area contributed by atoms with Crippen LogP contribution in [-0.2, 0) is 28.9 Å². The van der Waals surface area contributed by atoms with Gasteiger partial charge in [0.05, 0.1) is 11.5 Å². The molecule has 0 unspecified atom stereocenters. The quantitative estimate of drug-likeness (QED) is 0.872. The molecule has 1 atom stereocenters. The Morgan fingerprint density at radius 3 is 2.63 bits per heavy atom. The van der Waals surface area contributed by atoms with Crippen LogP contribution in [0.4, 0.5) is 13.2 Å². The second-order valence-electron chi connectivity index (χ2n) is 6.45. The predicted molar refractivity (Wildman–Crippen MR) is 91.1 cm³/mol. The van der Waals surface area contributed by atoms with Crippen LogP contribution < -0.4 is 5.32 Å². The number of aromatic nitrogens is 1. The summed E-state index contributed by atoms with van der Waals surface area (Å²) < 4.78 is 38.4. The van der Waals surface area contributed by atoms with Gasteiger partial charge in [0.1, 0.15) is 0 Å². The van der Waals surface area contributed by atoms with E-state index in [1.165, 1.54) is 11.0 Å². The number of nitrogens with zero attached hydrogens (tertiary/aromatic N) is 2. The molecule has 0 radical (unpaired) electrons. The summed E-state index contributed by atoms with van der Waals surface area (Å²) in [6, 6.07) is 8.44. The number of halogens is 3. The molecule has 5 nitrogen and oxygen atoms in total. The van der Waals surface area contributed by atoms with Crippen molar-refractivity contribution in [1.29, 1.82) is 0 Å². The zero-order valence-electron chi connectivity index (χ0n) is 14.4. The number of amides is 2. The third kappa shape index (κ3) is 4.84. The molecule has 8 heteroatoms. The van der Waals surface area contributed by atoms with Crippen LogP contribution in [0.25, 0.3) is 0 Å². The number of carbonyl (C=O) groups excluding carboxylic acids is 2. The Bertz CT molecular complexity index is 824. The van der Waals surface area contributed by atoms with Crippen molar-refractivity contribution in [3.8, 4) is 0 Å². The summed E-state index contributed by atoms with van der Waals surface area (Å²) in [6.45, 7) is 0.577. The average Bonchev–Trinajstić information content (AvgIpc) is 3.01. The van der Waals surface area contributed by atoms with E-state index in [-0.39, 0.29) is 31.3 Å². The molecule has 1 fully saturated rings. The van der Waals surface area contributed by atoms with Gasteiger partial charge in [-0.05, 0) is 35.4 Å². The van der Waals surface area contributed by atoms with Gasteiger partial charge in [0.2, 0.25) is 11.8 Å². The third-order valence-corrected chi connectivity index (χ3v) is 4.43. The molecule has 0 aliphatic carbocycles. The van der Waals surface area contributed by atoms with Crippen molar-refractivity contribution < 1.29 is 22.8 Å². The van der Waals surface area contributed by atoms with Crippen molar-refractivity contribution in [3.63, 3.8) is 0 Å². The molecule has 0 saturated carbocycles. The lowest BCUT2D eigenvalue weighted by atomic mass is 10.1. The van der Waals surface area contributed by atoms with E-state index in [0.717, 1.165) is 17.7 Å². The lowest BCUT2D eigenvalue weighted by Crippen LogP contribution is -2.32. The highest BCUT2D eigenvalue weighted by molar-refractivity contribution is 5.89. The van der Waals surface area contributed by atoms with Crippen LogP contribution in [0, 0.1) is 5.92 Å². The van der Waals surface area contributed by atoms with E-state index >= 15 is 0 Å². The number of rotatable bonds is 5. The van der Waals surface area contributed by atoms with Crippen LogP contribution in [0.2, 0.25) is 0 Å². The van der Waals surface area contributed by atoms with Gasteiger partial charge in [0.25, 0.3) is 0 Å². The second kappa shape index (κ2) is 7.77. The Morgan fingerprint density at radius 1 is 1.19 bits per heavy atom. The van der Waals surface area contributed by atoms with Gasteiger partial charge >= 0.3 is 6.18 Å². The lowest BCUT2D eigenvalue weighted by molar-refractivity contribution is -0.137. The van der Waals surface area contributed by atoms with E-state index in [0.29, 0.717) is 12.1 Å². The van der Waals surface area contributed by atoms with Crippen molar-refractivity contribution in [2.45, 2.75) is 25.7 Å². The molecule has 142 valence electrons. The summed E-state index contributed by atoms with van der Waals surface area (Å²) in [7, 11) is 0. The van der Waals surface area contributed by atoms with Gasteiger partial charge in [0.15, 0.2) is 0 Å². The van der Waals surface area contributed by atoms with E-state index in [2.05, 4.69) is 10.3 Å². The highest BCUT2D eigenvalue weighted by Gasteiger charge is 2.35. The number of hydrogen-bond donors (Lipinski definition) is 1. The van der Waals surface area contributed by atoms with Gasteiger partial charge in [-0.3, -0.25) is 14.6 Å². The minimum Gasteiger partial charge on any atom is -0.352 e. The smallest absolute Gasteiger partial charge is 0.352 e. The SMILES string of the molecule is O=C(NCc1ccncc1)[C@H]1CC(=O)N(Cc2cccc(C(F)(F)F)c2)C1. The molecule has 2 amide bonds. The van der Waals surface area contributed by atoms with Gasteiger partial charge in [-0.25, -0.2) is 0 Å². The molecule has 27 heavy (non-hydrogen) atoms. The van der Waals surface area contributed by atoms with Gasteiger partial charge in [-0.1, -0.05) is 12.1 Å². The Morgan fingerprint density at radius 2 is 1.93 bits per heavy atom. The Balaban J connectivity index is 1.58. The molecule has 1 aromatic carbocycles. The summed E-state index contributed by atoms with van der Waals surface area (Å²) in [6.07, 6.45) is -1.13. The maximum atomic E-state index is 12.8. The molecule has 0 spiro atoms. The zero-order chi connectivity index (χ0) is 19.4. The van der Waals surface area contributed by atoms with Gasteiger partial charge in [-0.2, -0.15) is 13.2 Å². The van der Waals surface area contributed by atoms with Crippen molar-refractivity contribution in [2.24, 2.45) is 5.92 Å². The summed E-state index contributed by atoms with van der Waals surface area (Å²) in [5.41, 5.74) is 0.526. The minimum atomic E-state index is -4.43. The average molecular weight is 377 g/mol. The molecule has 3 rings (SSSR count). The number of benzene rings is 1. The first kappa shape index (κ1) is 18.9. The first-order valence-electron chi connectivity index (χ1n) is 8.43. The number of alkyl halides is 3. The maximum absolute atomic E-state index is 12.8. The monoisotopic (exact) mass is 377 g/mol. The van der Waals surface area contributed by atoms with E-state index in [9.17, 15) is 22.8 Å². The Kier molecular flexibility index (Phi) is 5.43. The molecular formula is C19H18F3N3O2. The number of nitrogens with one attached hydrogen (secondary N) is 1. The van der Waals surface area contributed by atoms with E-state index < -0.39 is 17.7 Å². The third-order valence-electron chi connectivity index (χ3n) is 4.43. The first-order chi connectivity index (χ1) is 12.8. The van der Waals surface area contributed by atoms with Gasteiger partial charge < -0.3 is 10.2 Å². The molecule has 2 heterocycles. The van der Waals surface area contributed by atoms with Crippen LogP contribution in [0.5, 0.6) is 0 Å². The molecule has 1 aromatic heterocycles. The summed E-state index contributed by atoms with van der Waals surface area (Å²) in [5, 5.41) is 2.78. The number of likely N-dealkylation sites (tertiary alicyclic amines) is 1. The van der Waals surface area contributed by atoms with E-state index in [4.69, 9.17) is 0 Å². The van der Waals surface area contributed by atoms with Crippen LogP contribution in [0.1, 0.15) is 23.1 Å². The molecule has 1 aliphatic heterocycles. The Labute approximate surface area is 154 Å². The molecule has 0 bridgehead atoms. The number of carbonyl (C=O) groups is 2. The summed E-state index contributed by atoms with van der Waals surface area (Å²) in [5.74, 6) is -0.992. The fourth-order valence-electron chi connectivity index (χ4n) is 3.00. The van der Waals surface area contributed by atoms with Crippen LogP contribution in [0.3, 0.4) is 0 Å².